The molecular formula is C20H42N2O9. The number of carboxylic acid groups (broad SMARTS) is 1. The van der Waals surface area contributed by atoms with Gasteiger partial charge in [0, 0.05) is 33.5 Å². The Balaban J connectivity index is 0. The molecular weight excluding hydrogens is 412 g/mol. The van der Waals surface area contributed by atoms with Gasteiger partial charge in [-0.15, -0.1) is 0 Å². The summed E-state index contributed by atoms with van der Waals surface area (Å²) in [5.74, 6) is -1.44. The molecule has 0 aromatic carbocycles. The van der Waals surface area contributed by atoms with Gasteiger partial charge >= 0.3 is 5.97 Å². The number of nitrogens with one attached hydrogen (secondary N) is 1. The van der Waals surface area contributed by atoms with Gasteiger partial charge < -0.3 is 44.6 Å². The molecule has 0 saturated heterocycles. The second kappa shape index (κ2) is 28.7. The van der Waals surface area contributed by atoms with Crippen molar-refractivity contribution in [3.05, 3.63) is 0 Å². The van der Waals surface area contributed by atoms with Crippen LogP contribution in [0.25, 0.3) is 0 Å². The maximum Gasteiger partial charge on any atom is 0.329 e. The molecule has 11 heteroatoms. The van der Waals surface area contributed by atoms with Crippen LogP contribution in [-0.4, -0.2) is 110 Å². The number of carboxylic acids is 1. The van der Waals surface area contributed by atoms with Crippen molar-refractivity contribution in [1.82, 2.24) is 5.32 Å². The van der Waals surface area contributed by atoms with Gasteiger partial charge in [-0.3, -0.25) is 4.79 Å². The summed E-state index contributed by atoms with van der Waals surface area (Å²) in [6.45, 7) is 7.94. The molecule has 0 aliphatic rings. The maximum absolute atomic E-state index is 11.2. The Morgan fingerprint density at radius 1 is 0.774 bits per heavy atom. The Labute approximate surface area is 185 Å². The molecule has 0 rings (SSSR count). The van der Waals surface area contributed by atoms with Crippen molar-refractivity contribution in [2.24, 2.45) is 5.73 Å². The van der Waals surface area contributed by atoms with E-state index >= 15 is 0 Å². The quantitative estimate of drug-likeness (QED) is 0.192. The largest absolute Gasteiger partial charge is 0.480 e. The summed E-state index contributed by atoms with van der Waals surface area (Å²) in [5, 5.41) is 10.9. The third-order valence-electron chi connectivity index (χ3n) is 3.26. The van der Waals surface area contributed by atoms with Gasteiger partial charge in [-0.05, 0) is 25.8 Å². The minimum atomic E-state index is -1.10. The Morgan fingerprint density at radius 2 is 1.32 bits per heavy atom. The number of nitrogens with two attached hydrogens (primary N) is 1. The topological polar surface area (TPSA) is 148 Å². The highest BCUT2D eigenvalue weighted by molar-refractivity contribution is 5.77. The van der Waals surface area contributed by atoms with E-state index in [0.29, 0.717) is 65.8 Å². The zero-order chi connectivity index (χ0) is 23.4. The Morgan fingerprint density at radius 3 is 1.87 bits per heavy atom. The highest BCUT2D eigenvalue weighted by Gasteiger charge is 2.02. The van der Waals surface area contributed by atoms with Crippen LogP contribution in [0.1, 0.15) is 26.2 Å². The summed E-state index contributed by atoms with van der Waals surface area (Å²) in [7, 11) is 1.68. The highest BCUT2D eigenvalue weighted by atomic mass is 16.5. The average Bonchev–Trinajstić information content (AvgIpc) is 2.75. The number of hydrogen-bond acceptors (Lipinski definition) is 9. The minimum Gasteiger partial charge on any atom is -0.480 e. The van der Waals surface area contributed by atoms with E-state index in [9.17, 15) is 9.59 Å². The second-order valence-electron chi connectivity index (χ2n) is 6.17. The average molecular weight is 455 g/mol. The SMILES string of the molecule is CCCOCCOC.NCCCOCCOCCOCCCNC(=O)COCC(=O)O. The molecule has 0 spiro atoms. The normalized spacial score (nSPS) is 10.4. The minimum absolute atomic E-state index is 0.256. The van der Waals surface area contributed by atoms with Gasteiger partial charge in [0.1, 0.15) is 13.2 Å². The van der Waals surface area contributed by atoms with E-state index < -0.39 is 12.6 Å². The Hall–Kier alpha value is -1.34. The van der Waals surface area contributed by atoms with E-state index in [1.54, 1.807) is 7.11 Å². The van der Waals surface area contributed by atoms with E-state index in [1.165, 1.54) is 0 Å². The lowest BCUT2D eigenvalue weighted by atomic mass is 10.4. The lowest BCUT2D eigenvalue weighted by Crippen LogP contribution is -2.30. The van der Waals surface area contributed by atoms with Gasteiger partial charge in [0.05, 0.1) is 39.6 Å². The van der Waals surface area contributed by atoms with Crippen LogP contribution in [0, 0.1) is 0 Å². The monoisotopic (exact) mass is 454 g/mol. The number of amides is 1. The van der Waals surface area contributed by atoms with E-state index in [1.807, 2.05) is 0 Å². The molecule has 0 unspecified atom stereocenters. The molecule has 186 valence electrons. The van der Waals surface area contributed by atoms with Crippen LogP contribution in [0.4, 0.5) is 0 Å². The first-order valence-electron chi connectivity index (χ1n) is 10.6. The fraction of sp³-hybridized carbons (Fsp3) is 0.900. The van der Waals surface area contributed by atoms with Crippen molar-refractivity contribution in [1.29, 1.82) is 0 Å². The summed E-state index contributed by atoms with van der Waals surface area (Å²) in [4.78, 5) is 21.4. The van der Waals surface area contributed by atoms with E-state index in [0.717, 1.165) is 26.1 Å². The Kier molecular flexibility index (Phi) is 29.4. The van der Waals surface area contributed by atoms with Crippen LogP contribution in [0.2, 0.25) is 0 Å². The fourth-order valence-electron chi connectivity index (χ4n) is 1.80. The summed E-state index contributed by atoms with van der Waals surface area (Å²) in [6, 6.07) is 0. The molecule has 0 heterocycles. The van der Waals surface area contributed by atoms with Crippen molar-refractivity contribution in [2.75, 3.05) is 92.9 Å². The van der Waals surface area contributed by atoms with Crippen LogP contribution < -0.4 is 11.1 Å². The molecule has 31 heavy (non-hydrogen) atoms. The summed E-state index contributed by atoms with van der Waals surface area (Å²) in [6.07, 6.45) is 2.60. The maximum atomic E-state index is 11.2. The third-order valence-corrected chi connectivity index (χ3v) is 3.26. The van der Waals surface area contributed by atoms with Crippen LogP contribution in [0.3, 0.4) is 0 Å². The van der Waals surface area contributed by atoms with Gasteiger partial charge in [0.15, 0.2) is 0 Å². The first kappa shape index (κ1) is 31.8. The number of rotatable bonds is 22. The van der Waals surface area contributed by atoms with Crippen molar-refractivity contribution in [3.8, 4) is 0 Å². The molecule has 0 aromatic rings. The lowest BCUT2D eigenvalue weighted by Gasteiger charge is -2.07. The molecule has 0 saturated carbocycles. The van der Waals surface area contributed by atoms with Crippen molar-refractivity contribution >= 4 is 11.9 Å². The summed E-state index contributed by atoms with van der Waals surface area (Å²) in [5.41, 5.74) is 5.33. The van der Waals surface area contributed by atoms with Gasteiger partial charge in [-0.2, -0.15) is 0 Å². The molecule has 0 aliphatic carbocycles. The van der Waals surface area contributed by atoms with Crippen molar-refractivity contribution < 1.29 is 43.1 Å². The zero-order valence-corrected chi connectivity index (χ0v) is 19.1. The van der Waals surface area contributed by atoms with Gasteiger partial charge in [0.2, 0.25) is 5.91 Å². The predicted octanol–water partition coefficient (Wildman–Crippen LogP) is 0.0519. The van der Waals surface area contributed by atoms with Crippen LogP contribution in [0.15, 0.2) is 0 Å². The number of ether oxygens (including phenoxy) is 6. The van der Waals surface area contributed by atoms with Crippen LogP contribution in [0.5, 0.6) is 0 Å². The number of hydrogen-bond donors (Lipinski definition) is 3. The van der Waals surface area contributed by atoms with Gasteiger partial charge in [-0.25, -0.2) is 4.79 Å². The molecule has 0 aromatic heterocycles. The van der Waals surface area contributed by atoms with Crippen molar-refractivity contribution in [3.63, 3.8) is 0 Å². The number of methoxy groups -OCH3 is 1. The molecule has 0 bridgehead atoms. The predicted molar refractivity (Wildman–Crippen MR) is 115 cm³/mol. The molecule has 0 aliphatic heterocycles. The first-order chi connectivity index (χ1) is 15.1. The lowest BCUT2D eigenvalue weighted by molar-refractivity contribution is -0.143. The molecule has 1 amide bonds. The smallest absolute Gasteiger partial charge is 0.329 e. The molecule has 4 N–H and O–H groups in total. The molecule has 11 nitrogen and oxygen atoms in total. The second-order valence-corrected chi connectivity index (χ2v) is 6.17. The summed E-state index contributed by atoms with van der Waals surface area (Å²) >= 11 is 0. The van der Waals surface area contributed by atoms with E-state index in [4.69, 9.17) is 34.5 Å². The standard InChI is InChI=1S/C14H28N2O7.C6H14O2/c15-3-1-5-20-7-9-22-10-8-21-6-2-4-16-13(17)11-23-12-14(18)19;1-3-4-8-6-5-7-2/h1-12,15H2,(H,16,17)(H,18,19);3-6H2,1-2H3. The fourth-order valence-corrected chi connectivity index (χ4v) is 1.80. The molecule has 0 fully saturated rings. The number of carbonyl (C=O) groups excluding carboxylic acids is 1. The van der Waals surface area contributed by atoms with Crippen molar-refractivity contribution in [2.45, 2.75) is 26.2 Å². The van der Waals surface area contributed by atoms with Gasteiger partial charge in [-0.1, -0.05) is 6.92 Å². The van der Waals surface area contributed by atoms with Crippen LogP contribution in [-0.2, 0) is 38.0 Å². The summed E-state index contributed by atoms with van der Waals surface area (Å²) < 4.78 is 30.4. The Bertz CT molecular complexity index is 382. The zero-order valence-electron chi connectivity index (χ0n) is 19.1. The van der Waals surface area contributed by atoms with E-state index in [-0.39, 0.29) is 12.5 Å². The molecule has 0 atom stereocenters. The third kappa shape index (κ3) is 33.5. The van der Waals surface area contributed by atoms with E-state index in [2.05, 4.69) is 17.0 Å². The highest BCUT2D eigenvalue weighted by Crippen LogP contribution is 1.85. The number of aliphatic carboxylic acids is 1. The number of carbonyl (C=O) groups is 2. The van der Waals surface area contributed by atoms with Crippen LogP contribution >= 0.6 is 0 Å². The first-order valence-corrected chi connectivity index (χ1v) is 10.6. The molecule has 0 radical (unpaired) electrons. The van der Waals surface area contributed by atoms with Gasteiger partial charge in [0.25, 0.3) is 0 Å².